The van der Waals surface area contributed by atoms with Crippen molar-refractivity contribution in [2.75, 3.05) is 32.7 Å². The fourth-order valence-electron chi connectivity index (χ4n) is 10.2. The van der Waals surface area contributed by atoms with Crippen LogP contribution in [0.2, 0.25) is 0 Å². The van der Waals surface area contributed by atoms with Gasteiger partial charge in [-0.1, -0.05) is 77.8 Å². The van der Waals surface area contributed by atoms with Gasteiger partial charge in [0.15, 0.2) is 0 Å². The van der Waals surface area contributed by atoms with E-state index in [0.29, 0.717) is 24.7 Å². The van der Waals surface area contributed by atoms with Crippen LogP contribution in [-0.4, -0.2) is 226 Å². The number of aliphatic carboxylic acids is 2. The molecular weight excluding hydrogens is 1120 g/mol. The van der Waals surface area contributed by atoms with E-state index in [1.807, 2.05) is 0 Å². The Morgan fingerprint density at radius 1 is 0.682 bits per heavy atom. The van der Waals surface area contributed by atoms with Crippen molar-refractivity contribution in [3.05, 3.63) is 29.8 Å². The Hall–Kier alpha value is -6.15. The maximum Gasteiger partial charge on any atom is 0.300 e. The number of aliphatic hydroxyl groups is 7. The number of rotatable bonds is 23. The number of amides is 7. The molecule has 29 nitrogen and oxygen atoms in total. The highest BCUT2D eigenvalue weighted by Crippen LogP contribution is 2.27. The topological polar surface area (TPSA) is 487 Å². The maximum absolute atomic E-state index is 14.6. The molecule has 0 aliphatic carbocycles. The summed E-state index contributed by atoms with van der Waals surface area (Å²) < 4.78 is 0. The number of hydrogen-bond donors (Lipinski definition) is 18. The molecule has 0 radical (unpaired) electrons. The van der Waals surface area contributed by atoms with Gasteiger partial charge < -0.3 is 98.9 Å². The number of nitrogens with zero attached hydrogens (tertiary/aromatic N) is 2. The van der Waals surface area contributed by atoms with Gasteiger partial charge in [0.05, 0.1) is 30.5 Å². The van der Waals surface area contributed by atoms with E-state index in [9.17, 15) is 74.4 Å². The van der Waals surface area contributed by atoms with Crippen LogP contribution < -0.4 is 43.4 Å². The van der Waals surface area contributed by atoms with Gasteiger partial charge in [0.25, 0.3) is 11.9 Å². The van der Waals surface area contributed by atoms with E-state index in [1.54, 1.807) is 0 Å². The summed E-state index contributed by atoms with van der Waals surface area (Å²) in [7, 11) is 0. The Balaban J connectivity index is 0.00000289. The minimum absolute atomic E-state index is 0.0257. The van der Waals surface area contributed by atoms with Crippen LogP contribution in [-0.2, 0) is 43.2 Å². The standard InChI is InChI=1S/C52H88N10O15.2C2H4O2/c1-5-28(2)24-29(3)12-10-8-6-7-9-11-13-39(69)56-34-26-38(68)46(55-22-21-54)60-50(75)43-37(67)19-23-61(43)52(77)41(36(66)18-20-53)58-49(74)42(45(71)44(70)31-14-16-32(64)17-15-31)59-48(73)35-25-33(65)27-62(35)51(76)40(30(4)63)57-47(34)72;2*1-2(3)4/h14-17,28-30,33-38,40-46,55,63-68,70-71H,5-13,18-27,53-54H2,1-4H3,(H,56,69)(H,57,72)(H,58,74)(H,59,73)(H,60,75);2*1H3,(H,3,4)/t28-,29+,30-,33-,34+,35+,36-,37+,38-,40+,41+,42+,43+,44+,45+,46+;;/m1../s1. The van der Waals surface area contributed by atoms with Crippen molar-refractivity contribution in [1.29, 1.82) is 0 Å². The molecule has 0 unspecified atom stereocenters. The zero-order valence-electron chi connectivity index (χ0n) is 49.7. The fraction of sp³-hybridized carbons (Fsp3) is 0.732. The summed E-state index contributed by atoms with van der Waals surface area (Å²) in [6, 6.07) is -6.40. The summed E-state index contributed by atoms with van der Waals surface area (Å²) in [4.78, 5) is 120. The third kappa shape index (κ3) is 25.4. The molecule has 85 heavy (non-hydrogen) atoms. The van der Waals surface area contributed by atoms with E-state index in [0.717, 1.165) is 69.1 Å². The first-order valence-electron chi connectivity index (χ1n) is 29.2. The summed E-state index contributed by atoms with van der Waals surface area (Å²) in [5.41, 5.74) is 11.5. The number of nitrogens with one attached hydrogen (secondary N) is 6. The predicted octanol–water partition coefficient (Wildman–Crippen LogP) is -3.13. The quantitative estimate of drug-likeness (QED) is 0.0482. The van der Waals surface area contributed by atoms with Crippen LogP contribution in [0, 0.1) is 11.8 Å². The van der Waals surface area contributed by atoms with Crippen LogP contribution in [0.5, 0.6) is 5.75 Å². The fourth-order valence-corrected chi connectivity index (χ4v) is 10.2. The largest absolute Gasteiger partial charge is 0.508 e. The summed E-state index contributed by atoms with van der Waals surface area (Å²) in [6.07, 6.45) is -6.95. The molecule has 3 heterocycles. The van der Waals surface area contributed by atoms with Crippen LogP contribution in [0.25, 0.3) is 0 Å². The van der Waals surface area contributed by atoms with Crippen molar-refractivity contribution in [1.82, 2.24) is 41.7 Å². The molecule has 20 N–H and O–H groups in total. The number of phenolic OH excluding ortho intramolecular Hbond substituents is 1. The van der Waals surface area contributed by atoms with Crippen LogP contribution in [0.3, 0.4) is 0 Å². The summed E-state index contributed by atoms with van der Waals surface area (Å²) in [5.74, 6) is -8.10. The number of carbonyl (C=O) groups is 9. The third-order valence-electron chi connectivity index (χ3n) is 14.9. The van der Waals surface area contributed by atoms with Crippen molar-refractivity contribution in [3.8, 4) is 5.75 Å². The van der Waals surface area contributed by atoms with E-state index in [-0.39, 0.29) is 56.8 Å². The zero-order valence-corrected chi connectivity index (χ0v) is 49.7. The predicted molar refractivity (Wildman–Crippen MR) is 307 cm³/mol. The smallest absolute Gasteiger partial charge is 0.300 e. The monoisotopic (exact) mass is 1210 g/mol. The van der Waals surface area contributed by atoms with Gasteiger partial charge in [-0.15, -0.1) is 0 Å². The highest BCUT2D eigenvalue weighted by atomic mass is 16.4. The second-order valence-corrected chi connectivity index (χ2v) is 22.3. The van der Waals surface area contributed by atoms with E-state index >= 15 is 0 Å². The molecule has 1 aromatic rings. The van der Waals surface area contributed by atoms with Gasteiger partial charge in [-0.3, -0.25) is 48.5 Å². The van der Waals surface area contributed by atoms with E-state index < -0.39 is 158 Å². The van der Waals surface area contributed by atoms with Crippen LogP contribution >= 0.6 is 0 Å². The van der Waals surface area contributed by atoms with Gasteiger partial charge in [-0.05, 0) is 68.7 Å². The number of benzene rings is 1. The number of hydrogen-bond acceptors (Lipinski definition) is 20. The summed E-state index contributed by atoms with van der Waals surface area (Å²) in [5, 5.41) is 119. The summed E-state index contributed by atoms with van der Waals surface area (Å²) in [6.45, 7) is 8.90. The first-order chi connectivity index (χ1) is 40.0. The van der Waals surface area contributed by atoms with Gasteiger partial charge in [-0.25, -0.2) is 0 Å². The number of carboxylic acid groups (broad SMARTS) is 2. The van der Waals surface area contributed by atoms with E-state index in [1.165, 1.54) is 30.7 Å². The lowest BCUT2D eigenvalue weighted by Gasteiger charge is -2.35. The van der Waals surface area contributed by atoms with Gasteiger partial charge in [0.1, 0.15) is 60.4 Å². The molecule has 0 saturated carbocycles. The second-order valence-electron chi connectivity index (χ2n) is 22.3. The van der Waals surface area contributed by atoms with Crippen molar-refractivity contribution in [2.24, 2.45) is 23.3 Å². The molecule has 3 aliphatic heterocycles. The molecule has 16 atom stereocenters. The van der Waals surface area contributed by atoms with E-state index in [2.05, 4.69) is 52.7 Å². The molecule has 29 heteroatoms. The SMILES string of the molecule is CC(=O)O.CC(=O)O.CC[C@@H](C)C[C@@H](C)CCCCCCCCC(=O)N[C@H]1C[C@@H](O)[C@@H](NCCN)NC(=O)[C@@H]2[C@@H](O)CCN2C(=O)[C@H]([C@H](O)CCN)NC(=O)[C@H]([C@H](O)[C@@H](O)c2ccc(O)cc2)NC(=O)[C@@H]2C[C@@H](O)CN2C(=O)[C@H]([C@@H](C)O)NC1=O. The van der Waals surface area contributed by atoms with Crippen LogP contribution in [0.1, 0.15) is 143 Å². The van der Waals surface area contributed by atoms with Crippen LogP contribution in [0.4, 0.5) is 0 Å². The first kappa shape index (κ1) is 74.9. The number of nitrogens with two attached hydrogens (primary N) is 2. The van der Waals surface area contributed by atoms with Crippen molar-refractivity contribution in [2.45, 2.75) is 217 Å². The minimum atomic E-state index is -2.28. The second kappa shape index (κ2) is 38.1. The Morgan fingerprint density at radius 2 is 1.25 bits per heavy atom. The van der Waals surface area contributed by atoms with Gasteiger partial charge in [-0.2, -0.15) is 0 Å². The number of aliphatic hydroxyl groups excluding tert-OH is 7. The molecular formula is C56H96N10O19. The molecule has 1 aromatic carbocycles. The Bertz CT molecular complexity index is 2270. The highest BCUT2D eigenvalue weighted by molar-refractivity contribution is 5.98. The molecule has 4 rings (SSSR count). The Labute approximate surface area is 496 Å². The number of carbonyl (C=O) groups excluding carboxylic acids is 7. The molecule has 0 spiro atoms. The molecule has 0 aromatic heterocycles. The van der Waals surface area contributed by atoms with Crippen molar-refractivity contribution >= 4 is 53.3 Å². The van der Waals surface area contributed by atoms with Crippen LogP contribution in [0.15, 0.2) is 24.3 Å². The molecule has 3 aliphatic rings. The number of carboxylic acids is 2. The van der Waals surface area contributed by atoms with Gasteiger partial charge >= 0.3 is 0 Å². The lowest BCUT2D eigenvalue weighted by Crippen LogP contribution is -2.65. The number of aromatic hydroxyl groups is 1. The molecule has 7 amide bonds. The number of phenols is 1. The molecule has 3 saturated heterocycles. The van der Waals surface area contributed by atoms with E-state index in [4.69, 9.17) is 31.3 Å². The normalized spacial score (nSPS) is 26.5. The molecule has 3 fully saturated rings. The van der Waals surface area contributed by atoms with Crippen molar-refractivity contribution in [3.63, 3.8) is 0 Å². The molecule has 484 valence electrons. The summed E-state index contributed by atoms with van der Waals surface area (Å²) >= 11 is 0. The maximum atomic E-state index is 14.6. The minimum Gasteiger partial charge on any atom is -0.508 e. The van der Waals surface area contributed by atoms with Gasteiger partial charge in [0.2, 0.25) is 41.4 Å². The lowest BCUT2D eigenvalue weighted by molar-refractivity contribution is -0.148. The first-order valence-corrected chi connectivity index (χ1v) is 29.2. The Kier molecular flexibility index (Phi) is 33.6. The van der Waals surface area contributed by atoms with Gasteiger partial charge in [0, 0.05) is 59.3 Å². The average Bonchev–Trinajstić information content (AvgIpc) is 2.52. The lowest BCUT2D eigenvalue weighted by atomic mass is 9.91. The number of unbranched alkanes of at least 4 members (excludes halogenated alkanes) is 5. The third-order valence-corrected chi connectivity index (χ3v) is 14.9. The average molecular weight is 1210 g/mol. The molecule has 0 bridgehead atoms. The zero-order chi connectivity index (χ0) is 64.2. The van der Waals surface area contributed by atoms with Crippen molar-refractivity contribution < 1.29 is 94.2 Å². The number of fused-ring (bicyclic) bond motifs is 2. The Morgan fingerprint density at radius 3 is 1.82 bits per heavy atom. The highest BCUT2D eigenvalue weighted by Gasteiger charge is 2.49.